The van der Waals surface area contributed by atoms with Crippen LogP contribution in [0, 0.1) is 0 Å². The fourth-order valence-electron chi connectivity index (χ4n) is 5.08. The molecule has 0 radical (unpaired) electrons. The number of carbonyl (C=O) groups is 1. The van der Waals surface area contributed by atoms with Gasteiger partial charge in [0.2, 0.25) is 18.3 Å². The molecule has 43 heavy (non-hydrogen) atoms. The molecule has 0 aliphatic carbocycles. The van der Waals surface area contributed by atoms with Gasteiger partial charge < -0.3 is 74.7 Å². The third-order valence-electron chi connectivity index (χ3n) is 7.54. The van der Waals surface area contributed by atoms with Crippen molar-refractivity contribution in [2.24, 2.45) is 0 Å². The number of hydrogen-bond acceptors (Lipinski definition) is 16. The van der Waals surface area contributed by atoms with Crippen molar-refractivity contribution < 1.29 is 79.5 Å². The molecule has 236 valence electrons. The van der Waals surface area contributed by atoms with Gasteiger partial charge in [-0.3, -0.25) is 4.79 Å². The summed E-state index contributed by atoms with van der Waals surface area (Å²) < 4.78 is 28.0. The van der Waals surface area contributed by atoms with E-state index in [0.717, 1.165) is 6.07 Å². The molecule has 3 aliphatic rings. The second-order valence-corrected chi connectivity index (χ2v) is 10.4. The monoisotopic (exact) mass is 612 g/mol. The number of phenolic OH excluding ortho intramolecular Hbond substituents is 2. The molecule has 2 aromatic rings. The van der Waals surface area contributed by atoms with Crippen molar-refractivity contribution in [3.8, 4) is 28.7 Å². The molecule has 0 saturated carbocycles. The molecular weight excluding hydrogens is 580 g/mol. The van der Waals surface area contributed by atoms with Gasteiger partial charge in [-0.05, 0) is 17.7 Å². The van der Waals surface area contributed by atoms with Gasteiger partial charge in [0.25, 0.3) is 0 Å². The number of ether oxygens (including phenoxy) is 5. The number of hydrogen-bond donors (Lipinski definition) is 10. The lowest BCUT2D eigenvalue weighted by Gasteiger charge is -2.41. The van der Waals surface area contributed by atoms with E-state index >= 15 is 0 Å². The molecule has 3 heterocycles. The van der Waals surface area contributed by atoms with E-state index in [9.17, 15) is 55.9 Å². The Morgan fingerprint density at radius 2 is 1.28 bits per heavy atom. The number of benzene rings is 2. The number of aromatic hydroxyl groups is 2. The van der Waals surface area contributed by atoms with Crippen molar-refractivity contribution in [2.45, 2.75) is 73.9 Å². The lowest BCUT2D eigenvalue weighted by molar-refractivity contribution is -0.282. The molecule has 0 amide bonds. The molecule has 16 nitrogen and oxygen atoms in total. The lowest BCUT2D eigenvalue weighted by Crippen LogP contribution is -2.60. The minimum atomic E-state index is -1.93. The predicted octanol–water partition coefficient (Wildman–Crippen LogP) is -2.84. The van der Waals surface area contributed by atoms with E-state index in [2.05, 4.69) is 0 Å². The van der Waals surface area contributed by atoms with Crippen LogP contribution in [0.3, 0.4) is 0 Å². The molecule has 2 fully saturated rings. The van der Waals surface area contributed by atoms with Gasteiger partial charge in [-0.25, -0.2) is 0 Å². The smallest absolute Gasteiger partial charge is 0.229 e. The first-order valence-corrected chi connectivity index (χ1v) is 13.3. The first kappa shape index (κ1) is 31.1. The summed E-state index contributed by atoms with van der Waals surface area (Å²) in [5.74, 6) is -2.91. The Bertz CT molecular complexity index is 1300. The highest BCUT2D eigenvalue weighted by Gasteiger charge is 2.48. The first-order valence-electron chi connectivity index (χ1n) is 13.3. The summed E-state index contributed by atoms with van der Waals surface area (Å²) >= 11 is 0. The van der Waals surface area contributed by atoms with E-state index in [-0.39, 0.29) is 23.5 Å². The number of aliphatic hydroxyl groups excluding tert-OH is 8. The van der Waals surface area contributed by atoms with Crippen molar-refractivity contribution in [1.82, 2.24) is 0 Å². The largest absolute Gasteiger partial charge is 0.508 e. The van der Waals surface area contributed by atoms with Crippen LogP contribution in [0.25, 0.3) is 0 Å². The Morgan fingerprint density at radius 3 is 1.81 bits per heavy atom. The van der Waals surface area contributed by atoms with E-state index < -0.39 is 104 Å². The highest BCUT2D eigenvalue weighted by molar-refractivity contribution is 6.03. The molecule has 5 rings (SSSR count). The SMILES string of the molecule is O=C1CC(c2ccc(O)cc2)Oc2cc(OC3OC(CO)C(O)C(O)C3O)c(OC3OC(CO)C(O)C(O)C3O)c(O)c21. The minimum Gasteiger partial charge on any atom is -0.508 e. The zero-order chi connectivity index (χ0) is 31.2. The van der Waals surface area contributed by atoms with Crippen LogP contribution in [0.15, 0.2) is 30.3 Å². The van der Waals surface area contributed by atoms with Crippen LogP contribution in [0.2, 0.25) is 0 Å². The van der Waals surface area contributed by atoms with Crippen molar-refractivity contribution >= 4 is 5.78 Å². The Morgan fingerprint density at radius 1 is 0.744 bits per heavy atom. The molecular formula is C27H32O16. The fraction of sp³-hybridized carbons (Fsp3) is 0.519. The number of carbonyl (C=O) groups excluding carboxylic acids is 1. The second-order valence-electron chi connectivity index (χ2n) is 10.4. The van der Waals surface area contributed by atoms with Crippen molar-refractivity contribution in [1.29, 1.82) is 0 Å². The van der Waals surface area contributed by atoms with Gasteiger partial charge in [0.15, 0.2) is 17.3 Å². The molecule has 0 bridgehead atoms. The van der Waals surface area contributed by atoms with E-state index in [4.69, 9.17) is 23.7 Å². The highest BCUT2D eigenvalue weighted by Crippen LogP contribution is 2.50. The van der Waals surface area contributed by atoms with E-state index in [1.807, 2.05) is 0 Å². The van der Waals surface area contributed by atoms with Gasteiger partial charge in [0.05, 0.1) is 19.6 Å². The fourth-order valence-corrected chi connectivity index (χ4v) is 5.08. The average molecular weight is 613 g/mol. The van der Waals surface area contributed by atoms with Gasteiger partial charge in [-0.15, -0.1) is 0 Å². The van der Waals surface area contributed by atoms with Gasteiger partial charge in [-0.2, -0.15) is 0 Å². The minimum absolute atomic E-state index is 0.0193. The Kier molecular flexibility index (Phi) is 8.96. The van der Waals surface area contributed by atoms with E-state index in [0.29, 0.717) is 5.56 Å². The normalized spacial score (nSPS) is 36.0. The molecule has 0 aromatic heterocycles. The molecule has 16 heteroatoms. The van der Waals surface area contributed by atoms with Crippen molar-refractivity contribution in [3.05, 3.63) is 41.5 Å². The van der Waals surface area contributed by atoms with Crippen LogP contribution in [-0.4, -0.2) is 131 Å². The topological polar surface area (TPSA) is 266 Å². The summed E-state index contributed by atoms with van der Waals surface area (Å²) in [4.78, 5) is 13.2. The van der Waals surface area contributed by atoms with Gasteiger partial charge in [0.1, 0.15) is 72.0 Å². The third-order valence-corrected chi connectivity index (χ3v) is 7.54. The van der Waals surface area contributed by atoms with Crippen LogP contribution in [0.1, 0.15) is 28.4 Å². The van der Waals surface area contributed by atoms with Crippen molar-refractivity contribution in [2.75, 3.05) is 13.2 Å². The predicted molar refractivity (Wildman–Crippen MR) is 137 cm³/mol. The Labute approximate surface area is 243 Å². The summed E-state index contributed by atoms with van der Waals surface area (Å²) in [5.41, 5.74) is 0.144. The highest BCUT2D eigenvalue weighted by atomic mass is 16.7. The maximum atomic E-state index is 13.2. The standard InChI is InChI=1S/C27H32O16/c28-7-15-18(32)21(35)23(37)26(41-15)40-14-6-13-17(11(31)5-12(39-13)9-1-3-10(30)4-2-9)20(34)25(14)43-27-24(38)22(36)19(33)16(8-29)42-27/h1-4,6,12,15-16,18-19,21-24,26-30,32-38H,5,7-8H2. The average Bonchev–Trinajstić information content (AvgIpc) is 2.99. The maximum absolute atomic E-state index is 13.2. The number of ketones is 1. The molecule has 11 atom stereocenters. The number of fused-ring (bicyclic) bond motifs is 1. The number of phenols is 2. The molecule has 10 N–H and O–H groups in total. The van der Waals surface area contributed by atoms with Crippen LogP contribution >= 0.6 is 0 Å². The van der Waals surface area contributed by atoms with Gasteiger partial charge in [0, 0.05) is 6.07 Å². The Hall–Kier alpha value is -3.29. The Balaban J connectivity index is 1.55. The lowest BCUT2D eigenvalue weighted by atomic mass is 9.95. The maximum Gasteiger partial charge on any atom is 0.229 e. The third kappa shape index (κ3) is 5.82. The second kappa shape index (κ2) is 12.4. The van der Waals surface area contributed by atoms with Crippen LogP contribution in [0.5, 0.6) is 28.7 Å². The van der Waals surface area contributed by atoms with Crippen LogP contribution < -0.4 is 14.2 Å². The molecule has 2 saturated heterocycles. The van der Waals surface area contributed by atoms with E-state index in [1.165, 1.54) is 24.3 Å². The molecule has 3 aliphatic heterocycles. The molecule has 2 aromatic carbocycles. The number of rotatable bonds is 7. The summed E-state index contributed by atoms with van der Waals surface area (Å²) in [5, 5.41) is 102. The quantitative estimate of drug-likeness (QED) is 0.151. The molecule has 0 spiro atoms. The van der Waals surface area contributed by atoms with Crippen LogP contribution in [-0.2, 0) is 9.47 Å². The van der Waals surface area contributed by atoms with Gasteiger partial charge in [-0.1, -0.05) is 12.1 Å². The van der Waals surface area contributed by atoms with E-state index in [1.54, 1.807) is 0 Å². The van der Waals surface area contributed by atoms with Crippen LogP contribution in [0.4, 0.5) is 0 Å². The summed E-state index contributed by atoms with van der Waals surface area (Å²) in [7, 11) is 0. The summed E-state index contributed by atoms with van der Waals surface area (Å²) in [6.45, 7) is -1.57. The summed E-state index contributed by atoms with van der Waals surface area (Å²) in [6.07, 6.45) is -18.5. The first-order chi connectivity index (χ1) is 20.4. The molecule has 11 unspecified atom stereocenters. The zero-order valence-corrected chi connectivity index (χ0v) is 22.3. The number of Topliss-reactive ketones (excluding diaryl/α,β-unsaturated/α-hetero) is 1. The zero-order valence-electron chi connectivity index (χ0n) is 22.3. The van der Waals surface area contributed by atoms with Crippen molar-refractivity contribution in [3.63, 3.8) is 0 Å². The number of aliphatic hydroxyl groups is 8. The van der Waals surface area contributed by atoms with Gasteiger partial charge >= 0.3 is 0 Å². The summed E-state index contributed by atoms with van der Waals surface area (Å²) in [6, 6.07) is 6.92.